The SMILES string of the molecule is C#CCCCNc1ncnc(Cl)c1[N+](=O)[O-]. The third-order valence-electron chi connectivity index (χ3n) is 1.75. The first-order chi connectivity index (χ1) is 7.66. The van der Waals surface area contributed by atoms with Crippen molar-refractivity contribution in [1.29, 1.82) is 0 Å². The van der Waals surface area contributed by atoms with E-state index in [2.05, 4.69) is 21.2 Å². The molecule has 1 aromatic heterocycles. The van der Waals surface area contributed by atoms with Gasteiger partial charge in [-0.1, -0.05) is 11.6 Å². The van der Waals surface area contributed by atoms with Gasteiger partial charge in [-0.25, -0.2) is 9.97 Å². The van der Waals surface area contributed by atoms with Gasteiger partial charge in [-0.2, -0.15) is 0 Å². The monoisotopic (exact) mass is 240 g/mol. The van der Waals surface area contributed by atoms with Gasteiger partial charge in [-0.3, -0.25) is 10.1 Å². The zero-order valence-corrected chi connectivity index (χ0v) is 9.07. The minimum atomic E-state index is -0.619. The van der Waals surface area contributed by atoms with E-state index < -0.39 is 4.92 Å². The number of terminal acetylenes is 1. The summed E-state index contributed by atoms with van der Waals surface area (Å²) < 4.78 is 0. The summed E-state index contributed by atoms with van der Waals surface area (Å²) in [6.45, 7) is 0.498. The van der Waals surface area contributed by atoms with E-state index in [4.69, 9.17) is 18.0 Å². The van der Waals surface area contributed by atoms with Crippen LogP contribution in [0.4, 0.5) is 11.5 Å². The molecule has 1 heterocycles. The number of nitro groups is 1. The van der Waals surface area contributed by atoms with Gasteiger partial charge in [0.25, 0.3) is 0 Å². The molecule has 1 aromatic rings. The molecule has 0 saturated heterocycles. The van der Waals surface area contributed by atoms with Gasteiger partial charge in [0.05, 0.1) is 4.92 Å². The highest BCUT2D eigenvalue weighted by atomic mass is 35.5. The molecule has 0 radical (unpaired) electrons. The molecule has 1 rings (SSSR count). The Morgan fingerprint density at radius 3 is 3.00 bits per heavy atom. The predicted molar refractivity (Wildman–Crippen MR) is 60.3 cm³/mol. The molecule has 0 bridgehead atoms. The summed E-state index contributed by atoms with van der Waals surface area (Å²) in [5, 5.41) is 13.3. The number of hydrogen-bond acceptors (Lipinski definition) is 5. The number of aromatic nitrogens is 2. The molecule has 16 heavy (non-hydrogen) atoms. The second-order valence-corrected chi connectivity index (χ2v) is 3.21. The molecule has 0 spiro atoms. The molecule has 1 N–H and O–H groups in total. The van der Waals surface area contributed by atoms with Crippen LogP contribution < -0.4 is 5.32 Å². The fourth-order valence-corrected chi connectivity index (χ4v) is 1.25. The second-order valence-electron chi connectivity index (χ2n) is 2.85. The van der Waals surface area contributed by atoms with Crippen molar-refractivity contribution >= 4 is 23.1 Å². The van der Waals surface area contributed by atoms with Crippen LogP contribution in [0, 0.1) is 22.5 Å². The van der Waals surface area contributed by atoms with Gasteiger partial charge in [0.2, 0.25) is 11.0 Å². The fraction of sp³-hybridized carbons (Fsp3) is 0.333. The highest BCUT2D eigenvalue weighted by Crippen LogP contribution is 2.27. The summed E-state index contributed by atoms with van der Waals surface area (Å²) >= 11 is 5.60. The Morgan fingerprint density at radius 1 is 1.62 bits per heavy atom. The molecule has 0 amide bonds. The number of nitrogens with one attached hydrogen (secondary N) is 1. The first-order valence-electron chi connectivity index (χ1n) is 4.49. The smallest absolute Gasteiger partial charge is 0.348 e. The van der Waals surface area contributed by atoms with E-state index in [1.54, 1.807) is 0 Å². The lowest BCUT2D eigenvalue weighted by Crippen LogP contribution is -2.07. The molecular formula is C9H9ClN4O2. The van der Waals surface area contributed by atoms with Crippen molar-refractivity contribution in [1.82, 2.24) is 9.97 Å². The molecule has 0 unspecified atom stereocenters. The molecule has 0 atom stereocenters. The van der Waals surface area contributed by atoms with Crippen molar-refractivity contribution in [3.05, 3.63) is 21.6 Å². The first kappa shape index (κ1) is 12.2. The van der Waals surface area contributed by atoms with Gasteiger partial charge in [-0.05, 0) is 6.42 Å². The maximum Gasteiger partial charge on any atom is 0.348 e. The molecule has 0 aliphatic rings. The van der Waals surface area contributed by atoms with Crippen molar-refractivity contribution in [2.75, 3.05) is 11.9 Å². The van der Waals surface area contributed by atoms with Crippen LogP contribution in [0.5, 0.6) is 0 Å². The fourth-order valence-electron chi connectivity index (χ4n) is 1.05. The summed E-state index contributed by atoms with van der Waals surface area (Å²) in [4.78, 5) is 17.4. The Bertz CT molecular complexity index is 430. The van der Waals surface area contributed by atoms with E-state index in [1.807, 2.05) is 0 Å². The summed E-state index contributed by atoms with van der Waals surface area (Å²) in [6.07, 6.45) is 7.54. The van der Waals surface area contributed by atoms with Crippen molar-refractivity contribution in [3.8, 4) is 12.3 Å². The Hall–Kier alpha value is -1.87. The Kier molecular flexibility index (Phi) is 4.48. The third-order valence-corrected chi connectivity index (χ3v) is 2.03. The van der Waals surface area contributed by atoms with Crippen LogP contribution >= 0.6 is 11.6 Å². The van der Waals surface area contributed by atoms with Crippen molar-refractivity contribution in [3.63, 3.8) is 0 Å². The predicted octanol–water partition coefficient (Wildman–Crippen LogP) is 1.86. The quantitative estimate of drug-likeness (QED) is 0.279. The normalized spacial score (nSPS) is 9.50. The van der Waals surface area contributed by atoms with E-state index in [0.29, 0.717) is 19.4 Å². The lowest BCUT2D eigenvalue weighted by Gasteiger charge is -2.04. The molecule has 84 valence electrons. The van der Waals surface area contributed by atoms with E-state index in [9.17, 15) is 10.1 Å². The molecule has 0 fully saturated rings. The van der Waals surface area contributed by atoms with Crippen molar-refractivity contribution in [2.24, 2.45) is 0 Å². The number of rotatable bonds is 5. The average molecular weight is 241 g/mol. The van der Waals surface area contributed by atoms with Gasteiger partial charge >= 0.3 is 5.69 Å². The van der Waals surface area contributed by atoms with E-state index >= 15 is 0 Å². The lowest BCUT2D eigenvalue weighted by molar-refractivity contribution is -0.384. The number of nitrogens with zero attached hydrogens (tertiary/aromatic N) is 3. The highest BCUT2D eigenvalue weighted by Gasteiger charge is 2.20. The van der Waals surface area contributed by atoms with Gasteiger partial charge in [0, 0.05) is 13.0 Å². The third kappa shape index (κ3) is 3.07. The molecule has 0 aliphatic carbocycles. The van der Waals surface area contributed by atoms with Crippen LogP contribution in [0.25, 0.3) is 0 Å². The Balaban J connectivity index is 2.76. The minimum absolute atomic E-state index is 0.113. The summed E-state index contributed by atoms with van der Waals surface area (Å²) in [5.41, 5.74) is -0.315. The zero-order chi connectivity index (χ0) is 12.0. The van der Waals surface area contributed by atoms with Crippen molar-refractivity contribution in [2.45, 2.75) is 12.8 Å². The van der Waals surface area contributed by atoms with Crippen molar-refractivity contribution < 1.29 is 4.92 Å². The standard InChI is InChI=1S/C9H9ClN4O2/c1-2-3-4-5-11-9-7(14(15)16)8(10)12-6-13-9/h1,6H,3-5H2,(H,11,12,13). The zero-order valence-electron chi connectivity index (χ0n) is 8.31. The molecular weight excluding hydrogens is 232 g/mol. The second kappa shape index (κ2) is 5.88. The summed E-state index contributed by atoms with van der Waals surface area (Å²) in [6, 6.07) is 0. The molecule has 0 aromatic carbocycles. The van der Waals surface area contributed by atoms with Crippen LogP contribution in [0.15, 0.2) is 6.33 Å². The first-order valence-corrected chi connectivity index (χ1v) is 4.87. The van der Waals surface area contributed by atoms with Crippen LogP contribution in [0.3, 0.4) is 0 Å². The van der Waals surface area contributed by atoms with Crippen LogP contribution in [-0.2, 0) is 0 Å². The minimum Gasteiger partial charge on any atom is -0.364 e. The molecule has 6 nitrogen and oxygen atoms in total. The topological polar surface area (TPSA) is 81.0 Å². The van der Waals surface area contributed by atoms with Gasteiger partial charge in [0.15, 0.2) is 0 Å². The number of unbranched alkanes of at least 4 members (excludes halogenated alkanes) is 1. The maximum absolute atomic E-state index is 10.7. The molecule has 0 saturated carbocycles. The van der Waals surface area contributed by atoms with Gasteiger partial charge in [-0.15, -0.1) is 12.3 Å². The number of hydrogen-bond donors (Lipinski definition) is 1. The summed E-state index contributed by atoms with van der Waals surface area (Å²) in [7, 11) is 0. The maximum atomic E-state index is 10.7. The Labute approximate surface area is 97.2 Å². The molecule has 7 heteroatoms. The van der Waals surface area contributed by atoms with Crippen LogP contribution in [0.2, 0.25) is 5.15 Å². The van der Waals surface area contributed by atoms with Crippen LogP contribution in [-0.4, -0.2) is 21.4 Å². The summed E-state index contributed by atoms with van der Waals surface area (Å²) in [5.74, 6) is 2.58. The van der Waals surface area contributed by atoms with E-state index in [1.165, 1.54) is 6.33 Å². The largest absolute Gasteiger partial charge is 0.364 e. The van der Waals surface area contributed by atoms with Crippen LogP contribution in [0.1, 0.15) is 12.8 Å². The van der Waals surface area contributed by atoms with E-state index in [0.717, 1.165) is 0 Å². The number of halogens is 1. The van der Waals surface area contributed by atoms with Gasteiger partial charge < -0.3 is 5.32 Å². The molecule has 0 aliphatic heterocycles. The number of anilines is 1. The highest BCUT2D eigenvalue weighted by molar-refractivity contribution is 6.31. The van der Waals surface area contributed by atoms with Gasteiger partial charge in [0.1, 0.15) is 6.33 Å². The Morgan fingerprint density at radius 2 is 2.38 bits per heavy atom. The lowest BCUT2D eigenvalue weighted by atomic mass is 10.3. The average Bonchev–Trinajstić information content (AvgIpc) is 2.24. The van der Waals surface area contributed by atoms with E-state index in [-0.39, 0.29) is 16.7 Å².